The predicted molar refractivity (Wildman–Crippen MR) is 341 cm³/mol. The number of alkyl halides is 4. The molecule has 408 valence electrons. The van der Waals surface area contributed by atoms with Crippen LogP contribution >= 0.6 is 0 Å². The fourth-order valence-electron chi connectivity index (χ4n) is 11.7. The summed E-state index contributed by atoms with van der Waals surface area (Å²) in [6.07, 6.45) is -4.47. The van der Waals surface area contributed by atoms with E-state index in [-0.39, 0.29) is 0 Å². The standard InChI is InChI=1S/C78H57F3IN2/c1-53-18-16-26-68(48-53)83(64-22-8-4-9-23-64)66-44-40-56(41-45-66)60-34-35-61(52-82-63-42-36-58(37-43-63)77-72-30-14-12-28-70(72)76(57-19-6-3-7-20-57)71-29-13-15-31-73(71)77)75(50-60)74-49-59(33-32-54(74)2)55-38-46-67(47-39-55)84(65-24-10-5-11-25-65)69-27-17-21-62(51-69)78(79,80)81/h3-51H,52H2,1-2H3/q-1. The molecule has 0 N–H and O–H groups in total. The SMILES string of the molecule is Cc1cccc(N(c2ccccc2)c2ccc(-c3ccc(C[I-]c4ccc(-c5c6ccccc6c(-c6ccccc6)c6ccccc56)cc4)c(-c4cc(-c5ccc(N(c6ccccc6)c6cccc(C(F)(F)F)c6)cc5)ccc4C)c3)cc2)c1. The van der Waals surface area contributed by atoms with Gasteiger partial charge >= 0.3 is 387 Å². The van der Waals surface area contributed by atoms with Crippen LogP contribution in [0.2, 0.25) is 0 Å². The molecular weight excluding hydrogens is 1150 g/mol. The summed E-state index contributed by atoms with van der Waals surface area (Å²) in [5, 5.41) is 4.98. The zero-order chi connectivity index (χ0) is 57.2. The van der Waals surface area contributed by atoms with Crippen LogP contribution in [-0.2, 0) is 10.6 Å². The fraction of sp³-hybridized carbons (Fsp3) is 0.0513. The summed E-state index contributed by atoms with van der Waals surface area (Å²) >= 11 is -0.468. The Morgan fingerprint density at radius 3 is 1.24 bits per heavy atom. The van der Waals surface area contributed by atoms with Gasteiger partial charge in [-0.25, -0.2) is 0 Å². The van der Waals surface area contributed by atoms with Crippen LogP contribution < -0.4 is 31.0 Å². The van der Waals surface area contributed by atoms with Gasteiger partial charge < -0.3 is 0 Å². The Balaban J connectivity index is 0.859. The maximum atomic E-state index is 14.0. The maximum absolute atomic E-state index is 14.0. The number of aryl methyl sites for hydroxylation is 2. The van der Waals surface area contributed by atoms with Crippen molar-refractivity contribution in [2.75, 3.05) is 9.80 Å². The van der Waals surface area contributed by atoms with Crippen molar-refractivity contribution in [3.63, 3.8) is 0 Å². The summed E-state index contributed by atoms with van der Waals surface area (Å²) < 4.78 is 44.4. The zero-order valence-electron chi connectivity index (χ0n) is 46.4. The van der Waals surface area contributed by atoms with Gasteiger partial charge in [0.05, 0.1) is 5.56 Å². The molecule has 13 aromatic rings. The summed E-state index contributed by atoms with van der Waals surface area (Å²) in [6.45, 7) is 4.32. The number of halogens is 4. The molecule has 13 aromatic carbocycles. The summed E-state index contributed by atoms with van der Waals surface area (Å²) in [5.74, 6) is 0. The molecular formula is C78H57F3IN2-. The number of benzene rings is 13. The topological polar surface area (TPSA) is 6.48 Å². The Hall–Kier alpha value is -9.50. The molecule has 0 saturated heterocycles. The number of anilines is 6. The molecule has 6 heteroatoms. The van der Waals surface area contributed by atoms with Crippen molar-refractivity contribution < 1.29 is 34.4 Å². The van der Waals surface area contributed by atoms with Gasteiger partial charge in [0.1, 0.15) is 0 Å². The van der Waals surface area contributed by atoms with Gasteiger partial charge in [-0.2, -0.15) is 13.2 Å². The first-order valence-electron chi connectivity index (χ1n) is 28.2. The quantitative estimate of drug-likeness (QED) is 0.0608. The van der Waals surface area contributed by atoms with Gasteiger partial charge in [-0.3, -0.25) is 0 Å². The van der Waals surface area contributed by atoms with Crippen molar-refractivity contribution in [2.45, 2.75) is 24.5 Å². The Bertz CT molecular complexity index is 4410. The van der Waals surface area contributed by atoms with Crippen LogP contribution in [0.3, 0.4) is 0 Å². The molecule has 0 bridgehead atoms. The van der Waals surface area contributed by atoms with E-state index in [1.54, 1.807) is 6.07 Å². The van der Waals surface area contributed by atoms with Gasteiger partial charge in [0.2, 0.25) is 0 Å². The molecule has 0 aliphatic carbocycles. The summed E-state index contributed by atoms with van der Waals surface area (Å²) in [7, 11) is 0. The van der Waals surface area contributed by atoms with Gasteiger partial charge in [0.15, 0.2) is 0 Å². The van der Waals surface area contributed by atoms with E-state index in [0.717, 1.165) is 66.7 Å². The van der Waals surface area contributed by atoms with Gasteiger partial charge in [-0.05, 0) is 42.8 Å². The number of fused-ring (bicyclic) bond motifs is 2. The summed E-state index contributed by atoms with van der Waals surface area (Å²) in [6, 6.07) is 103. The van der Waals surface area contributed by atoms with E-state index in [1.165, 1.54) is 81.8 Å². The van der Waals surface area contributed by atoms with E-state index >= 15 is 0 Å². The van der Waals surface area contributed by atoms with E-state index in [1.807, 2.05) is 47.4 Å². The van der Waals surface area contributed by atoms with Crippen LogP contribution in [0.25, 0.3) is 77.2 Å². The predicted octanol–water partition coefficient (Wildman–Crippen LogP) is 19.4. The van der Waals surface area contributed by atoms with Gasteiger partial charge in [0, 0.05) is 0 Å². The molecule has 0 aromatic heterocycles. The fourth-order valence-corrected chi connectivity index (χ4v) is 14.1. The zero-order valence-corrected chi connectivity index (χ0v) is 48.6. The molecule has 2 nitrogen and oxygen atoms in total. The van der Waals surface area contributed by atoms with Crippen LogP contribution in [0.1, 0.15) is 22.3 Å². The van der Waals surface area contributed by atoms with E-state index in [4.69, 9.17) is 0 Å². The third kappa shape index (κ3) is 11.0. The monoisotopic (exact) mass is 1210 g/mol. The number of hydrogen-bond acceptors (Lipinski definition) is 2. The van der Waals surface area contributed by atoms with Crippen LogP contribution in [0, 0.1) is 17.4 Å². The van der Waals surface area contributed by atoms with Crippen LogP contribution in [-0.4, -0.2) is 0 Å². The molecule has 0 heterocycles. The van der Waals surface area contributed by atoms with Crippen molar-refractivity contribution in [3.05, 3.63) is 323 Å². The van der Waals surface area contributed by atoms with Crippen LogP contribution in [0.4, 0.5) is 47.3 Å². The first-order chi connectivity index (χ1) is 41.1. The second-order valence-corrected chi connectivity index (χ2v) is 24.0. The molecule has 0 unspecified atom stereocenters. The Morgan fingerprint density at radius 1 is 0.321 bits per heavy atom. The summed E-state index contributed by atoms with van der Waals surface area (Å²) in [5.41, 5.74) is 19.8. The van der Waals surface area contributed by atoms with Gasteiger partial charge in [-0.15, -0.1) is 0 Å². The summed E-state index contributed by atoms with van der Waals surface area (Å²) in [4.78, 5) is 4.18. The first kappa shape index (κ1) is 53.8. The van der Waals surface area contributed by atoms with Crippen molar-refractivity contribution in [1.82, 2.24) is 0 Å². The van der Waals surface area contributed by atoms with Crippen molar-refractivity contribution in [2.24, 2.45) is 0 Å². The second-order valence-electron chi connectivity index (χ2n) is 21.2. The minimum atomic E-state index is -4.47. The van der Waals surface area contributed by atoms with Crippen molar-refractivity contribution in [3.8, 4) is 55.6 Å². The van der Waals surface area contributed by atoms with Gasteiger partial charge in [-0.1, -0.05) is 54.6 Å². The average molecular weight is 1210 g/mol. The van der Waals surface area contributed by atoms with E-state index < -0.39 is 32.9 Å². The van der Waals surface area contributed by atoms with Crippen molar-refractivity contribution in [1.29, 1.82) is 0 Å². The number of hydrogen-bond donors (Lipinski definition) is 0. The molecule has 0 aliphatic heterocycles. The van der Waals surface area contributed by atoms with E-state index in [9.17, 15) is 13.2 Å². The molecule has 0 amide bonds. The molecule has 0 saturated carbocycles. The average Bonchev–Trinajstić information content (AvgIpc) is 1.68. The Labute approximate surface area is 499 Å². The molecule has 0 aliphatic rings. The van der Waals surface area contributed by atoms with Crippen LogP contribution in [0.5, 0.6) is 0 Å². The van der Waals surface area contributed by atoms with E-state index in [2.05, 4.69) is 249 Å². The van der Waals surface area contributed by atoms with E-state index in [0.29, 0.717) is 5.69 Å². The molecule has 0 spiro atoms. The molecule has 84 heavy (non-hydrogen) atoms. The second kappa shape index (κ2) is 23.4. The first-order valence-corrected chi connectivity index (χ1v) is 30.8. The number of rotatable bonds is 14. The number of para-hydroxylation sites is 2. The third-order valence-corrected chi connectivity index (χ3v) is 18.6. The number of nitrogens with zero attached hydrogens (tertiary/aromatic N) is 2. The Morgan fingerprint density at radius 2 is 0.726 bits per heavy atom. The molecule has 0 fully saturated rings. The van der Waals surface area contributed by atoms with Gasteiger partial charge in [0.25, 0.3) is 0 Å². The van der Waals surface area contributed by atoms with Crippen LogP contribution in [0.15, 0.2) is 297 Å². The minimum absolute atomic E-state index is 0.429. The molecule has 13 rings (SSSR count). The van der Waals surface area contributed by atoms with Crippen molar-refractivity contribution >= 4 is 55.7 Å². The Kier molecular flexibility index (Phi) is 15.0. The molecule has 0 atom stereocenters. The molecule has 0 radical (unpaired) electrons. The third-order valence-electron chi connectivity index (χ3n) is 15.8. The normalized spacial score (nSPS) is 11.5.